The van der Waals surface area contributed by atoms with Crippen molar-refractivity contribution in [2.45, 2.75) is 6.92 Å². The van der Waals surface area contributed by atoms with E-state index in [1.165, 1.54) is 26.0 Å². The van der Waals surface area contributed by atoms with Crippen LogP contribution in [-0.4, -0.2) is 55.2 Å². The molecule has 7 heteroatoms. The Balaban J connectivity index is 3.99. The number of carboxylic acid groups (broad SMARTS) is 1. The van der Waals surface area contributed by atoms with Crippen LogP contribution in [-0.2, 0) is 14.3 Å². The molecule has 0 aliphatic carbocycles. The van der Waals surface area contributed by atoms with Gasteiger partial charge in [0.05, 0.1) is 13.0 Å². The number of carbonyl (C=O) groups is 3. The molecule has 92 valence electrons. The van der Waals surface area contributed by atoms with E-state index >= 15 is 0 Å². The fourth-order valence-electron chi connectivity index (χ4n) is 0.927. The van der Waals surface area contributed by atoms with Gasteiger partial charge in [-0.05, 0) is 0 Å². The van der Waals surface area contributed by atoms with E-state index in [-0.39, 0.29) is 13.1 Å². The summed E-state index contributed by atoms with van der Waals surface area (Å²) in [7, 11) is 2.66. The summed E-state index contributed by atoms with van der Waals surface area (Å²) in [4.78, 5) is 33.8. The first kappa shape index (κ1) is 14.2. The van der Waals surface area contributed by atoms with Gasteiger partial charge in [0.25, 0.3) is 0 Å². The van der Waals surface area contributed by atoms with Crippen LogP contribution in [0.4, 0.5) is 4.79 Å². The molecule has 0 aromatic rings. The number of nitrogens with zero attached hydrogens (tertiary/aromatic N) is 1. The lowest BCUT2D eigenvalue weighted by Gasteiger charge is -2.19. The van der Waals surface area contributed by atoms with Gasteiger partial charge in [-0.2, -0.15) is 0 Å². The van der Waals surface area contributed by atoms with E-state index in [4.69, 9.17) is 5.11 Å². The average molecular weight is 232 g/mol. The van der Waals surface area contributed by atoms with Gasteiger partial charge in [0.15, 0.2) is 0 Å². The summed E-state index contributed by atoms with van der Waals surface area (Å²) in [6.07, 6.45) is 0. The third-order valence-corrected chi connectivity index (χ3v) is 1.93. The number of rotatable bonds is 5. The molecule has 1 unspecified atom stereocenters. The molecule has 0 aliphatic rings. The molecular weight excluding hydrogens is 216 g/mol. The second-order valence-electron chi connectivity index (χ2n) is 3.35. The van der Waals surface area contributed by atoms with E-state index in [1.807, 2.05) is 0 Å². The normalized spacial score (nSPS) is 11.4. The van der Waals surface area contributed by atoms with E-state index < -0.39 is 23.9 Å². The van der Waals surface area contributed by atoms with E-state index in [2.05, 4.69) is 10.1 Å². The number of amides is 2. The first-order valence-electron chi connectivity index (χ1n) is 4.67. The lowest BCUT2D eigenvalue weighted by Crippen LogP contribution is -2.42. The van der Waals surface area contributed by atoms with Crippen molar-refractivity contribution < 1.29 is 24.2 Å². The molecule has 0 saturated heterocycles. The Morgan fingerprint density at radius 2 is 2.00 bits per heavy atom. The van der Waals surface area contributed by atoms with E-state index in [0.29, 0.717) is 0 Å². The monoisotopic (exact) mass is 232 g/mol. The van der Waals surface area contributed by atoms with Crippen molar-refractivity contribution >= 4 is 18.0 Å². The van der Waals surface area contributed by atoms with Gasteiger partial charge < -0.3 is 20.1 Å². The molecule has 0 saturated carbocycles. The number of carboxylic acids is 1. The number of methoxy groups -OCH3 is 1. The van der Waals surface area contributed by atoms with Crippen molar-refractivity contribution in [1.82, 2.24) is 10.2 Å². The molecule has 0 rings (SSSR count). The van der Waals surface area contributed by atoms with Gasteiger partial charge in [-0.3, -0.25) is 9.59 Å². The zero-order chi connectivity index (χ0) is 12.7. The van der Waals surface area contributed by atoms with Gasteiger partial charge in [0.2, 0.25) is 0 Å². The highest BCUT2D eigenvalue weighted by molar-refractivity contribution is 5.81. The third-order valence-electron chi connectivity index (χ3n) is 1.93. The van der Waals surface area contributed by atoms with Crippen molar-refractivity contribution in [3.05, 3.63) is 0 Å². The Kier molecular flexibility index (Phi) is 5.91. The minimum absolute atomic E-state index is 0.0718. The summed E-state index contributed by atoms with van der Waals surface area (Å²) in [6, 6.07) is -0.515. The maximum absolute atomic E-state index is 11.3. The zero-order valence-corrected chi connectivity index (χ0v) is 9.52. The van der Waals surface area contributed by atoms with Crippen molar-refractivity contribution in [3.63, 3.8) is 0 Å². The molecule has 0 radical (unpaired) electrons. The van der Waals surface area contributed by atoms with Crippen molar-refractivity contribution in [2.24, 2.45) is 5.92 Å². The first-order valence-corrected chi connectivity index (χ1v) is 4.67. The summed E-state index contributed by atoms with van der Waals surface area (Å²) in [6.45, 7) is 1.33. The Bertz CT molecular complexity index is 279. The molecule has 7 nitrogen and oxygen atoms in total. The third kappa shape index (κ3) is 5.18. The molecule has 0 bridgehead atoms. The van der Waals surface area contributed by atoms with E-state index in [0.717, 1.165) is 0 Å². The van der Waals surface area contributed by atoms with Gasteiger partial charge in [-0.15, -0.1) is 0 Å². The predicted molar refractivity (Wildman–Crippen MR) is 54.8 cm³/mol. The fraction of sp³-hybridized carbons (Fsp3) is 0.667. The van der Waals surface area contributed by atoms with Crippen LogP contribution < -0.4 is 5.32 Å². The molecule has 2 amide bonds. The Morgan fingerprint density at radius 3 is 2.44 bits per heavy atom. The van der Waals surface area contributed by atoms with Crippen LogP contribution >= 0.6 is 0 Å². The molecule has 2 N–H and O–H groups in total. The quantitative estimate of drug-likeness (QED) is 0.624. The van der Waals surface area contributed by atoms with Crippen molar-refractivity contribution in [3.8, 4) is 0 Å². The second kappa shape index (κ2) is 6.65. The summed E-state index contributed by atoms with van der Waals surface area (Å²) >= 11 is 0. The van der Waals surface area contributed by atoms with E-state index in [1.54, 1.807) is 0 Å². The number of hydrogen-bond acceptors (Lipinski definition) is 4. The number of urea groups is 1. The highest BCUT2D eigenvalue weighted by atomic mass is 16.5. The molecular formula is C9H16N2O5. The van der Waals surface area contributed by atoms with Crippen LogP contribution in [0, 0.1) is 5.92 Å². The number of esters is 1. The van der Waals surface area contributed by atoms with Crippen LogP contribution in [0.15, 0.2) is 0 Å². The second-order valence-corrected chi connectivity index (χ2v) is 3.35. The number of carbonyl (C=O) groups excluding carboxylic acids is 2. The molecule has 0 fully saturated rings. The molecule has 0 aromatic heterocycles. The van der Waals surface area contributed by atoms with Gasteiger partial charge in [0.1, 0.15) is 6.54 Å². The number of nitrogens with one attached hydrogen (secondary N) is 1. The SMILES string of the molecule is COC(=O)CNC(=O)N(C)CC(C)C(=O)O. The van der Waals surface area contributed by atoms with E-state index in [9.17, 15) is 14.4 Å². The number of aliphatic carboxylic acids is 1. The number of hydrogen-bond donors (Lipinski definition) is 2. The van der Waals surface area contributed by atoms with Crippen LogP contribution in [0.25, 0.3) is 0 Å². The van der Waals surface area contributed by atoms with Crippen LogP contribution in [0.3, 0.4) is 0 Å². The summed E-state index contributed by atoms with van der Waals surface area (Å²) in [5.74, 6) is -2.20. The van der Waals surface area contributed by atoms with Crippen LogP contribution in [0.5, 0.6) is 0 Å². The Hall–Kier alpha value is -1.79. The molecule has 0 heterocycles. The van der Waals surface area contributed by atoms with Crippen LogP contribution in [0.1, 0.15) is 6.92 Å². The largest absolute Gasteiger partial charge is 0.481 e. The summed E-state index contributed by atoms with van der Waals surface area (Å²) in [5, 5.41) is 10.9. The molecule has 1 atom stereocenters. The first-order chi connectivity index (χ1) is 7.38. The Morgan fingerprint density at radius 1 is 1.44 bits per heavy atom. The number of ether oxygens (including phenoxy) is 1. The zero-order valence-electron chi connectivity index (χ0n) is 9.52. The molecule has 16 heavy (non-hydrogen) atoms. The molecule has 0 aliphatic heterocycles. The Labute approximate surface area is 93.4 Å². The summed E-state index contributed by atoms with van der Waals surface area (Å²) in [5.41, 5.74) is 0. The van der Waals surface area contributed by atoms with Gasteiger partial charge >= 0.3 is 18.0 Å². The minimum Gasteiger partial charge on any atom is -0.481 e. The topological polar surface area (TPSA) is 95.9 Å². The maximum Gasteiger partial charge on any atom is 0.325 e. The molecule has 0 aromatic carbocycles. The summed E-state index contributed by atoms with van der Waals surface area (Å²) < 4.78 is 4.33. The maximum atomic E-state index is 11.3. The standard InChI is InChI=1S/C9H16N2O5/c1-6(8(13)14)5-11(2)9(15)10-4-7(12)16-3/h6H,4-5H2,1-3H3,(H,10,15)(H,13,14). The highest BCUT2D eigenvalue weighted by Gasteiger charge is 2.17. The molecule has 0 spiro atoms. The lowest BCUT2D eigenvalue weighted by atomic mass is 10.2. The van der Waals surface area contributed by atoms with Crippen LogP contribution in [0.2, 0.25) is 0 Å². The van der Waals surface area contributed by atoms with Gasteiger partial charge in [0, 0.05) is 13.6 Å². The van der Waals surface area contributed by atoms with Gasteiger partial charge in [-0.25, -0.2) is 4.79 Å². The lowest BCUT2D eigenvalue weighted by molar-refractivity contribution is -0.142. The van der Waals surface area contributed by atoms with Crippen molar-refractivity contribution in [2.75, 3.05) is 27.2 Å². The average Bonchev–Trinajstić information content (AvgIpc) is 2.24. The van der Waals surface area contributed by atoms with Crippen molar-refractivity contribution in [1.29, 1.82) is 0 Å². The fourth-order valence-corrected chi connectivity index (χ4v) is 0.927. The minimum atomic E-state index is -0.979. The predicted octanol–water partition coefficient (Wildman–Crippen LogP) is -0.478. The highest BCUT2D eigenvalue weighted by Crippen LogP contribution is 1.98. The smallest absolute Gasteiger partial charge is 0.325 e. The van der Waals surface area contributed by atoms with Gasteiger partial charge in [-0.1, -0.05) is 6.92 Å².